The average molecular weight is 276 g/mol. The number of likely N-dealkylation sites (N-methyl/N-ethyl adjacent to an activating group) is 1. The highest BCUT2D eigenvalue weighted by Gasteiger charge is 2.02. The lowest BCUT2D eigenvalue weighted by molar-refractivity contribution is 0.244. The van der Waals surface area contributed by atoms with Crippen LogP contribution in [-0.2, 0) is 13.2 Å². The van der Waals surface area contributed by atoms with Crippen molar-refractivity contribution in [3.8, 4) is 0 Å². The van der Waals surface area contributed by atoms with Crippen molar-refractivity contribution in [2.75, 3.05) is 30.4 Å². The van der Waals surface area contributed by atoms with E-state index in [1.165, 1.54) is 0 Å². The zero-order chi connectivity index (χ0) is 14.4. The molecule has 0 aliphatic heterocycles. The third kappa shape index (κ3) is 3.76. The van der Waals surface area contributed by atoms with E-state index in [1.807, 2.05) is 42.3 Å². The molecule has 0 saturated heterocycles. The molecule has 1 aromatic heterocycles. The first kappa shape index (κ1) is 14.4. The second kappa shape index (κ2) is 6.98. The highest BCUT2D eigenvalue weighted by atomic mass is 16.4. The number of rotatable bonds is 7. The molecule has 2 aromatic rings. The summed E-state index contributed by atoms with van der Waals surface area (Å²) in [7, 11) is 1.94. The van der Waals surface area contributed by atoms with Gasteiger partial charge >= 0.3 is 0 Å². The average Bonchev–Trinajstić information content (AvgIpc) is 2.94. The Hall–Kier alpha value is -1.98. The normalized spacial score (nSPS) is 10.6. The van der Waals surface area contributed by atoms with Gasteiger partial charge in [-0.25, -0.2) is 0 Å². The Balaban J connectivity index is 1.90. The second-order valence-corrected chi connectivity index (χ2v) is 4.57. The van der Waals surface area contributed by atoms with Crippen LogP contribution in [0.2, 0.25) is 0 Å². The van der Waals surface area contributed by atoms with Crippen LogP contribution in [0, 0.1) is 0 Å². The molecule has 108 valence electrons. The highest BCUT2D eigenvalue weighted by molar-refractivity contribution is 5.54. The van der Waals surface area contributed by atoms with Crippen molar-refractivity contribution in [3.05, 3.63) is 47.9 Å². The van der Waals surface area contributed by atoms with Crippen molar-refractivity contribution in [2.24, 2.45) is 0 Å². The standard InChI is InChI=1S/C15H20N2O3/c1-17(8-9-18)13-4-2-12(3-5-13)16-10-14-6-7-15(11-19)20-14/h2-7,16,18-19H,8-11H2,1H3. The Bertz CT molecular complexity index is 522. The van der Waals surface area contributed by atoms with Gasteiger partial charge in [-0.2, -0.15) is 0 Å². The predicted octanol–water partition coefficient (Wildman–Crippen LogP) is 1.81. The largest absolute Gasteiger partial charge is 0.462 e. The summed E-state index contributed by atoms with van der Waals surface area (Å²) in [5.74, 6) is 1.36. The first-order valence-corrected chi connectivity index (χ1v) is 6.57. The lowest BCUT2D eigenvalue weighted by Crippen LogP contribution is -2.20. The maximum atomic E-state index is 8.93. The topological polar surface area (TPSA) is 68.9 Å². The maximum absolute atomic E-state index is 8.93. The summed E-state index contributed by atoms with van der Waals surface area (Å²) >= 11 is 0. The number of aliphatic hydroxyl groups is 2. The minimum Gasteiger partial charge on any atom is -0.462 e. The van der Waals surface area contributed by atoms with Gasteiger partial charge in [0.1, 0.15) is 18.1 Å². The summed E-state index contributed by atoms with van der Waals surface area (Å²) in [6.45, 7) is 1.25. The van der Waals surface area contributed by atoms with Gasteiger partial charge in [0.05, 0.1) is 13.2 Å². The molecule has 0 radical (unpaired) electrons. The molecule has 2 rings (SSSR count). The minimum absolute atomic E-state index is 0.0775. The van der Waals surface area contributed by atoms with Gasteiger partial charge in [0.25, 0.3) is 0 Å². The Morgan fingerprint density at radius 3 is 2.35 bits per heavy atom. The number of nitrogens with one attached hydrogen (secondary N) is 1. The van der Waals surface area contributed by atoms with Gasteiger partial charge < -0.3 is 24.8 Å². The SMILES string of the molecule is CN(CCO)c1ccc(NCc2ccc(CO)o2)cc1. The van der Waals surface area contributed by atoms with E-state index in [4.69, 9.17) is 14.6 Å². The number of hydrogen-bond donors (Lipinski definition) is 3. The Kier molecular flexibility index (Phi) is 5.03. The molecular weight excluding hydrogens is 256 g/mol. The quantitative estimate of drug-likeness (QED) is 0.719. The minimum atomic E-state index is -0.0775. The summed E-state index contributed by atoms with van der Waals surface area (Å²) in [5, 5.41) is 21.1. The Morgan fingerprint density at radius 1 is 1.05 bits per heavy atom. The zero-order valence-corrected chi connectivity index (χ0v) is 11.5. The fourth-order valence-corrected chi connectivity index (χ4v) is 1.90. The number of anilines is 2. The van der Waals surface area contributed by atoms with E-state index in [-0.39, 0.29) is 13.2 Å². The van der Waals surface area contributed by atoms with E-state index in [2.05, 4.69) is 5.32 Å². The molecule has 1 heterocycles. The molecule has 3 N–H and O–H groups in total. The summed E-state index contributed by atoms with van der Waals surface area (Å²) in [6.07, 6.45) is 0. The van der Waals surface area contributed by atoms with E-state index in [1.54, 1.807) is 6.07 Å². The van der Waals surface area contributed by atoms with E-state index in [9.17, 15) is 0 Å². The first-order chi connectivity index (χ1) is 9.72. The van der Waals surface area contributed by atoms with Crippen molar-refractivity contribution >= 4 is 11.4 Å². The second-order valence-electron chi connectivity index (χ2n) is 4.57. The highest BCUT2D eigenvalue weighted by Crippen LogP contribution is 2.17. The van der Waals surface area contributed by atoms with Crippen LogP contribution in [0.25, 0.3) is 0 Å². The first-order valence-electron chi connectivity index (χ1n) is 6.57. The van der Waals surface area contributed by atoms with Gasteiger partial charge in [0.15, 0.2) is 0 Å². The molecule has 5 heteroatoms. The summed E-state index contributed by atoms with van der Waals surface area (Å²) in [6, 6.07) is 11.6. The third-order valence-corrected chi connectivity index (χ3v) is 3.08. The molecule has 0 amide bonds. The zero-order valence-electron chi connectivity index (χ0n) is 11.5. The van der Waals surface area contributed by atoms with Crippen LogP contribution < -0.4 is 10.2 Å². The molecule has 0 aliphatic carbocycles. The molecular formula is C15H20N2O3. The van der Waals surface area contributed by atoms with Crippen LogP contribution in [0.1, 0.15) is 11.5 Å². The van der Waals surface area contributed by atoms with Crippen molar-refractivity contribution in [3.63, 3.8) is 0 Å². The number of furan rings is 1. The van der Waals surface area contributed by atoms with Crippen LogP contribution >= 0.6 is 0 Å². The van der Waals surface area contributed by atoms with E-state index < -0.39 is 0 Å². The maximum Gasteiger partial charge on any atom is 0.129 e. The summed E-state index contributed by atoms with van der Waals surface area (Å²) in [4.78, 5) is 1.99. The van der Waals surface area contributed by atoms with Gasteiger partial charge in [0, 0.05) is 25.0 Å². The Labute approximate surface area is 118 Å². The van der Waals surface area contributed by atoms with Crippen molar-refractivity contribution in [1.29, 1.82) is 0 Å². The lowest BCUT2D eigenvalue weighted by Gasteiger charge is -2.18. The molecule has 0 fully saturated rings. The van der Waals surface area contributed by atoms with Crippen molar-refractivity contribution in [2.45, 2.75) is 13.2 Å². The lowest BCUT2D eigenvalue weighted by atomic mass is 10.2. The van der Waals surface area contributed by atoms with E-state index in [0.29, 0.717) is 18.8 Å². The van der Waals surface area contributed by atoms with Gasteiger partial charge in [-0.1, -0.05) is 0 Å². The fourth-order valence-electron chi connectivity index (χ4n) is 1.90. The molecule has 0 spiro atoms. The molecule has 20 heavy (non-hydrogen) atoms. The third-order valence-electron chi connectivity index (χ3n) is 3.08. The number of hydrogen-bond acceptors (Lipinski definition) is 5. The fraction of sp³-hybridized carbons (Fsp3) is 0.333. The molecule has 0 aliphatic rings. The van der Waals surface area contributed by atoms with Crippen LogP contribution in [0.15, 0.2) is 40.8 Å². The van der Waals surface area contributed by atoms with Gasteiger partial charge in [-0.3, -0.25) is 0 Å². The molecule has 0 bridgehead atoms. The van der Waals surface area contributed by atoms with Crippen molar-refractivity contribution < 1.29 is 14.6 Å². The number of benzene rings is 1. The Morgan fingerprint density at radius 2 is 1.75 bits per heavy atom. The van der Waals surface area contributed by atoms with Gasteiger partial charge in [-0.05, 0) is 36.4 Å². The van der Waals surface area contributed by atoms with Crippen LogP contribution in [0.3, 0.4) is 0 Å². The van der Waals surface area contributed by atoms with Crippen LogP contribution in [0.5, 0.6) is 0 Å². The molecule has 0 unspecified atom stereocenters. The molecule has 0 atom stereocenters. The van der Waals surface area contributed by atoms with Gasteiger partial charge in [-0.15, -0.1) is 0 Å². The molecule has 0 saturated carbocycles. The monoisotopic (exact) mass is 276 g/mol. The molecule has 5 nitrogen and oxygen atoms in total. The smallest absolute Gasteiger partial charge is 0.129 e. The number of aliphatic hydroxyl groups excluding tert-OH is 2. The van der Waals surface area contributed by atoms with Crippen molar-refractivity contribution in [1.82, 2.24) is 0 Å². The van der Waals surface area contributed by atoms with Gasteiger partial charge in [0.2, 0.25) is 0 Å². The molecule has 1 aromatic carbocycles. The van der Waals surface area contributed by atoms with Crippen LogP contribution in [-0.4, -0.2) is 30.4 Å². The van der Waals surface area contributed by atoms with Crippen LogP contribution in [0.4, 0.5) is 11.4 Å². The van der Waals surface area contributed by atoms with E-state index in [0.717, 1.165) is 17.1 Å². The number of nitrogens with zero attached hydrogens (tertiary/aromatic N) is 1. The predicted molar refractivity (Wildman–Crippen MR) is 78.8 cm³/mol. The summed E-state index contributed by atoms with van der Waals surface area (Å²) in [5.41, 5.74) is 2.05. The van der Waals surface area contributed by atoms with E-state index >= 15 is 0 Å². The summed E-state index contributed by atoms with van der Waals surface area (Å²) < 4.78 is 5.40.